The molecule has 2 aliphatic rings. The van der Waals surface area contributed by atoms with Gasteiger partial charge < -0.3 is 19.3 Å². The van der Waals surface area contributed by atoms with Gasteiger partial charge in [0.05, 0.1) is 32.1 Å². The van der Waals surface area contributed by atoms with E-state index in [1.165, 1.54) is 12.1 Å². The summed E-state index contributed by atoms with van der Waals surface area (Å²) in [6, 6.07) is 6.18. The molecule has 2 saturated heterocycles. The van der Waals surface area contributed by atoms with Gasteiger partial charge in [0.25, 0.3) is 0 Å². The third-order valence-corrected chi connectivity index (χ3v) is 4.79. The average molecular weight is 401 g/mol. The summed E-state index contributed by atoms with van der Waals surface area (Å²) < 4.78 is 24.0. The number of hydrazone groups is 1. The third kappa shape index (κ3) is 4.96. The van der Waals surface area contributed by atoms with Crippen molar-refractivity contribution in [1.29, 1.82) is 0 Å². The van der Waals surface area contributed by atoms with Gasteiger partial charge in [-0.3, -0.25) is 0 Å². The van der Waals surface area contributed by atoms with Gasteiger partial charge in [0.1, 0.15) is 5.82 Å². The molecule has 0 aliphatic carbocycles. The van der Waals surface area contributed by atoms with Crippen molar-refractivity contribution in [3.05, 3.63) is 35.6 Å². The second-order valence-corrected chi connectivity index (χ2v) is 6.77. The van der Waals surface area contributed by atoms with Crippen molar-refractivity contribution >= 4 is 23.6 Å². The number of aromatic nitrogens is 3. The van der Waals surface area contributed by atoms with E-state index < -0.39 is 0 Å². The van der Waals surface area contributed by atoms with Crippen LogP contribution in [0.25, 0.3) is 0 Å². The fraction of sp³-hybridized carbons (Fsp3) is 0.474. The molecule has 0 bridgehead atoms. The molecule has 0 amide bonds. The normalized spacial score (nSPS) is 18.1. The number of morpholine rings is 2. The largest absolute Gasteiger partial charge is 0.378 e. The lowest BCUT2D eigenvalue weighted by atomic mass is 10.1. The lowest BCUT2D eigenvalue weighted by molar-refractivity contribution is 0.121. The van der Waals surface area contributed by atoms with Gasteiger partial charge in [-0.1, -0.05) is 12.1 Å². The van der Waals surface area contributed by atoms with Crippen molar-refractivity contribution in [3.8, 4) is 0 Å². The first-order chi connectivity index (χ1) is 14.2. The maximum Gasteiger partial charge on any atom is 0.250 e. The van der Waals surface area contributed by atoms with Crippen molar-refractivity contribution < 1.29 is 13.9 Å². The Morgan fingerprint density at radius 3 is 1.93 bits per heavy atom. The molecule has 1 aromatic heterocycles. The summed E-state index contributed by atoms with van der Waals surface area (Å²) in [5.74, 6) is 1.28. The van der Waals surface area contributed by atoms with Crippen LogP contribution in [-0.2, 0) is 9.47 Å². The summed E-state index contributed by atoms with van der Waals surface area (Å²) in [6.07, 6.45) is 0. The average Bonchev–Trinajstić information content (AvgIpc) is 2.79. The molecule has 154 valence electrons. The predicted molar refractivity (Wildman–Crippen MR) is 108 cm³/mol. The first kappa shape index (κ1) is 19.5. The highest BCUT2D eigenvalue weighted by atomic mass is 19.1. The molecule has 10 heteroatoms. The van der Waals surface area contributed by atoms with Crippen LogP contribution < -0.4 is 15.2 Å². The second kappa shape index (κ2) is 9.10. The zero-order valence-electron chi connectivity index (χ0n) is 16.3. The van der Waals surface area contributed by atoms with Crippen LogP contribution in [0.4, 0.5) is 22.2 Å². The van der Waals surface area contributed by atoms with E-state index in [1.807, 2.05) is 6.92 Å². The first-order valence-corrected chi connectivity index (χ1v) is 9.67. The number of hydrogen-bond donors (Lipinski definition) is 1. The summed E-state index contributed by atoms with van der Waals surface area (Å²) in [4.78, 5) is 17.9. The number of anilines is 3. The molecule has 1 aromatic carbocycles. The summed E-state index contributed by atoms with van der Waals surface area (Å²) in [5.41, 5.74) is 4.45. The van der Waals surface area contributed by atoms with Crippen molar-refractivity contribution in [3.63, 3.8) is 0 Å². The minimum Gasteiger partial charge on any atom is -0.378 e. The van der Waals surface area contributed by atoms with Gasteiger partial charge >= 0.3 is 0 Å². The van der Waals surface area contributed by atoms with E-state index in [0.717, 1.165) is 31.7 Å². The van der Waals surface area contributed by atoms with Gasteiger partial charge in [0, 0.05) is 26.2 Å². The Labute approximate surface area is 168 Å². The van der Waals surface area contributed by atoms with E-state index in [4.69, 9.17) is 9.47 Å². The predicted octanol–water partition coefficient (Wildman–Crippen LogP) is 1.52. The number of hydrogen-bond acceptors (Lipinski definition) is 9. The van der Waals surface area contributed by atoms with Crippen molar-refractivity contribution in [2.75, 3.05) is 67.8 Å². The Bertz CT molecular complexity index is 814. The van der Waals surface area contributed by atoms with E-state index in [1.54, 1.807) is 12.1 Å². The molecule has 3 heterocycles. The fourth-order valence-corrected chi connectivity index (χ4v) is 3.10. The number of benzene rings is 1. The minimum absolute atomic E-state index is 0.280. The van der Waals surface area contributed by atoms with E-state index in [-0.39, 0.29) is 5.82 Å². The van der Waals surface area contributed by atoms with Crippen LogP contribution in [0.15, 0.2) is 29.4 Å². The molecule has 9 nitrogen and oxygen atoms in total. The van der Waals surface area contributed by atoms with Gasteiger partial charge in [-0.05, 0) is 24.6 Å². The van der Waals surface area contributed by atoms with Gasteiger partial charge in [0.15, 0.2) is 0 Å². The lowest BCUT2D eigenvalue weighted by Gasteiger charge is -2.30. The maximum absolute atomic E-state index is 13.1. The van der Waals surface area contributed by atoms with Crippen molar-refractivity contribution in [2.45, 2.75) is 6.92 Å². The molecule has 2 aliphatic heterocycles. The maximum atomic E-state index is 13.1. The van der Waals surface area contributed by atoms with Crippen LogP contribution in [0.5, 0.6) is 0 Å². The number of ether oxygens (including phenoxy) is 2. The van der Waals surface area contributed by atoms with E-state index in [2.05, 4.69) is 35.3 Å². The Kier molecular flexibility index (Phi) is 6.11. The zero-order valence-corrected chi connectivity index (χ0v) is 16.3. The molecule has 1 N–H and O–H groups in total. The van der Waals surface area contributed by atoms with Crippen LogP contribution in [0.2, 0.25) is 0 Å². The van der Waals surface area contributed by atoms with E-state index in [9.17, 15) is 4.39 Å². The SMILES string of the molecule is C/C(=N/Nc1nc(N2CCOCC2)nc(N2CCOCC2)n1)c1ccc(F)cc1. The smallest absolute Gasteiger partial charge is 0.250 e. The third-order valence-electron chi connectivity index (χ3n) is 4.79. The highest BCUT2D eigenvalue weighted by molar-refractivity contribution is 5.98. The molecule has 0 unspecified atom stereocenters. The molecular weight excluding hydrogens is 377 g/mol. The first-order valence-electron chi connectivity index (χ1n) is 9.67. The Hall–Kier alpha value is -2.85. The zero-order chi connectivity index (χ0) is 20.1. The Morgan fingerprint density at radius 2 is 1.41 bits per heavy atom. The van der Waals surface area contributed by atoms with Crippen molar-refractivity contribution in [1.82, 2.24) is 15.0 Å². The number of rotatable bonds is 5. The molecule has 0 spiro atoms. The van der Waals surface area contributed by atoms with Crippen LogP contribution in [0.3, 0.4) is 0 Å². The molecule has 0 saturated carbocycles. The van der Waals surface area contributed by atoms with Gasteiger partial charge in [0.2, 0.25) is 17.8 Å². The Balaban J connectivity index is 1.58. The molecular formula is C19H24FN7O2. The fourth-order valence-electron chi connectivity index (χ4n) is 3.10. The monoisotopic (exact) mass is 401 g/mol. The highest BCUT2D eigenvalue weighted by Crippen LogP contribution is 2.19. The highest BCUT2D eigenvalue weighted by Gasteiger charge is 2.20. The van der Waals surface area contributed by atoms with Crippen LogP contribution in [-0.4, -0.2) is 73.3 Å². The van der Waals surface area contributed by atoms with Crippen LogP contribution in [0.1, 0.15) is 12.5 Å². The molecule has 0 atom stereocenters. The molecule has 29 heavy (non-hydrogen) atoms. The summed E-state index contributed by atoms with van der Waals surface area (Å²) >= 11 is 0. The number of nitrogens with zero attached hydrogens (tertiary/aromatic N) is 6. The minimum atomic E-state index is -0.280. The molecule has 4 rings (SSSR count). The van der Waals surface area contributed by atoms with E-state index in [0.29, 0.717) is 50.0 Å². The quantitative estimate of drug-likeness (QED) is 0.596. The van der Waals surface area contributed by atoms with Crippen LogP contribution >= 0.6 is 0 Å². The summed E-state index contributed by atoms with van der Waals surface area (Å²) in [7, 11) is 0. The Morgan fingerprint density at radius 1 is 0.897 bits per heavy atom. The summed E-state index contributed by atoms with van der Waals surface area (Å²) in [6.45, 7) is 7.31. The molecule has 2 fully saturated rings. The van der Waals surface area contributed by atoms with Gasteiger partial charge in [-0.25, -0.2) is 9.82 Å². The van der Waals surface area contributed by atoms with Crippen LogP contribution in [0, 0.1) is 5.82 Å². The second-order valence-electron chi connectivity index (χ2n) is 6.77. The number of nitrogens with one attached hydrogen (secondary N) is 1. The molecule has 0 radical (unpaired) electrons. The number of halogens is 1. The van der Waals surface area contributed by atoms with Gasteiger partial charge in [-0.15, -0.1) is 0 Å². The van der Waals surface area contributed by atoms with Gasteiger partial charge in [-0.2, -0.15) is 20.1 Å². The lowest BCUT2D eigenvalue weighted by Crippen LogP contribution is -2.40. The molecule has 2 aromatic rings. The topological polar surface area (TPSA) is 88.0 Å². The standard InChI is InChI=1S/C19H24FN7O2/c1-14(15-2-4-16(20)5-3-15)24-25-17-21-18(26-6-10-28-11-7-26)23-19(22-17)27-8-12-29-13-9-27/h2-5H,6-13H2,1H3,(H,21,22,23,25)/b24-14-. The van der Waals surface area contributed by atoms with E-state index >= 15 is 0 Å². The van der Waals surface area contributed by atoms with Crippen molar-refractivity contribution in [2.24, 2.45) is 5.10 Å². The summed E-state index contributed by atoms with van der Waals surface area (Å²) in [5, 5.41) is 4.37.